The molecule has 0 saturated carbocycles. The fourth-order valence-electron chi connectivity index (χ4n) is 2.97. The summed E-state index contributed by atoms with van der Waals surface area (Å²) in [5.41, 5.74) is 1.93. The Bertz CT molecular complexity index is 756. The molecule has 1 fully saturated rings. The van der Waals surface area contributed by atoms with E-state index in [-0.39, 0.29) is 11.9 Å². The van der Waals surface area contributed by atoms with Crippen molar-refractivity contribution in [1.29, 1.82) is 0 Å². The lowest BCUT2D eigenvalue weighted by molar-refractivity contribution is -0.117. The van der Waals surface area contributed by atoms with Gasteiger partial charge in [-0.15, -0.1) is 17.9 Å². The van der Waals surface area contributed by atoms with Gasteiger partial charge in [-0.05, 0) is 35.6 Å². The molecule has 0 atom stereocenters. The minimum Gasteiger partial charge on any atom is -0.334 e. The molecule has 6 heteroatoms. The monoisotopic (exact) mass is 369 g/mol. The molecule has 1 aliphatic heterocycles. The lowest BCUT2D eigenvalue weighted by atomic mass is 10.2. The van der Waals surface area contributed by atoms with Gasteiger partial charge in [-0.3, -0.25) is 4.79 Å². The van der Waals surface area contributed by atoms with Gasteiger partial charge in [-0.2, -0.15) is 0 Å². The first-order chi connectivity index (χ1) is 12.7. The second-order valence-electron chi connectivity index (χ2n) is 6.22. The van der Waals surface area contributed by atoms with E-state index in [1.165, 1.54) is 0 Å². The Balaban J connectivity index is 1.55. The number of thiophene rings is 1. The summed E-state index contributed by atoms with van der Waals surface area (Å²) in [6.45, 7) is 6.04. The summed E-state index contributed by atoms with van der Waals surface area (Å²) in [5.74, 6) is 0.180. The molecule has 0 bridgehead atoms. The van der Waals surface area contributed by atoms with Crippen molar-refractivity contribution in [3.05, 3.63) is 64.9 Å². The number of hydrogen-bond donors (Lipinski definition) is 1. The Kier molecular flexibility index (Phi) is 6.07. The Labute approximate surface area is 157 Å². The standard InChI is InChI=1S/C20H23N3O2S/c1-2-11-22(15-18-5-4-13-26-18)20(25)21-14-16-7-9-17(10-8-16)23-12-3-6-19(23)24/h2,4-5,7-10,13H,1,3,6,11-12,14-15H2,(H,21,25). The molecule has 5 nitrogen and oxygen atoms in total. The topological polar surface area (TPSA) is 52.7 Å². The molecule has 2 aromatic rings. The van der Waals surface area contributed by atoms with Crippen molar-refractivity contribution in [2.45, 2.75) is 25.9 Å². The molecule has 0 radical (unpaired) electrons. The first-order valence-corrected chi connectivity index (χ1v) is 9.60. The van der Waals surface area contributed by atoms with E-state index >= 15 is 0 Å². The number of hydrogen-bond acceptors (Lipinski definition) is 3. The second kappa shape index (κ2) is 8.67. The van der Waals surface area contributed by atoms with Crippen LogP contribution in [0.5, 0.6) is 0 Å². The van der Waals surface area contributed by atoms with Crippen LogP contribution in [-0.2, 0) is 17.9 Å². The van der Waals surface area contributed by atoms with Gasteiger partial charge >= 0.3 is 6.03 Å². The predicted molar refractivity (Wildman–Crippen MR) is 105 cm³/mol. The van der Waals surface area contributed by atoms with Gasteiger partial charge in [0.25, 0.3) is 0 Å². The maximum atomic E-state index is 12.5. The van der Waals surface area contributed by atoms with Crippen LogP contribution in [0, 0.1) is 0 Å². The van der Waals surface area contributed by atoms with Gasteiger partial charge in [-0.1, -0.05) is 24.3 Å². The Hall–Kier alpha value is -2.60. The molecule has 3 rings (SSSR count). The zero-order chi connectivity index (χ0) is 18.4. The van der Waals surface area contributed by atoms with Gasteiger partial charge in [0.1, 0.15) is 0 Å². The van der Waals surface area contributed by atoms with E-state index in [9.17, 15) is 9.59 Å². The molecular formula is C20H23N3O2S. The molecule has 136 valence electrons. The number of anilines is 1. The molecule has 1 aromatic heterocycles. The fourth-order valence-corrected chi connectivity index (χ4v) is 3.69. The Morgan fingerprint density at radius 1 is 1.31 bits per heavy atom. The fraction of sp³-hybridized carbons (Fsp3) is 0.300. The van der Waals surface area contributed by atoms with Gasteiger partial charge in [0, 0.05) is 36.6 Å². The summed E-state index contributed by atoms with van der Waals surface area (Å²) in [7, 11) is 0. The zero-order valence-corrected chi connectivity index (χ0v) is 15.5. The van der Waals surface area contributed by atoms with Gasteiger partial charge in [0.05, 0.1) is 6.54 Å². The van der Waals surface area contributed by atoms with Crippen LogP contribution in [0.25, 0.3) is 0 Å². The van der Waals surface area contributed by atoms with E-state index in [1.54, 1.807) is 22.3 Å². The number of amides is 3. The third-order valence-corrected chi connectivity index (χ3v) is 5.19. The van der Waals surface area contributed by atoms with Crippen molar-refractivity contribution in [3.63, 3.8) is 0 Å². The number of urea groups is 1. The number of rotatable bonds is 7. The normalized spacial score (nSPS) is 13.7. The van der Waals surface area contributed by atoms with E-state index in [2.05, 4.69) is 11.9 Å². The minimum absolute atomic E-state index is 0.114. The summed E-state index contributed by atoms with van der Waals surface area (Å²) >= 11 is 1.63. The van der Waals surface area contributed by atoms with Crippen LogP contribution < -0.4 is 10.2 Å². The molecule has 1 N–H and O–H groups in total. The van der Waals surface area contributed by atoms with Crippen molar-refractivity contribution >= 4 is 29.0 Å². The summed E-state index contributed by atoms with van der Waals surface area (Å²) in [4.78, 5) is 29.0. The average molecular weight is 369 g/mol. The summed E-state index contributed by atoms with van der Waals surface area (Å²) < 4.78 is 0. The molecular weight excluding hydrogens is 346 g/mol. The van der Waals surface area contributed by atoms with Crippen LogP contribution in [0.3, 0.4) is 0 Å². The molecule has 0 unspecified atom stereocenters. The SMILES string of the molecule is C=CCN(Cc1cccs1)C(=O)NCc1ccc(N2CCCC2=O)cc1. The minimum atomic E-state index is -0.114. The number of nitrogens with one attached hydrogen (secondary N) is 1. The van der Waals surface area contributed by atoms with Gasteiger partial charge in [-0.25, -0.2) is 4.79 Å². The molecule has 1 aliphatic rings. The van der Waals surface area contributed by atoms with Crippen LogP contribution in [0.1, 0.15) is 23.3 Å². The van der Waals surface area contributed by atoms with Crippen molar-refractivity contribution < 1.29 is 9.59 Å². The maximum absolute atomic E-state index is 12.5. The zero-order valence-electron chi connectivity index (χ0n) is 14.7. The van der Waals surface area contributed by atoms with E-state index in [0.717, 1.165) is 29.1 Å². The third-order valence-electron chi connectivity index (χ3n) is 4.33. The number of benzene rings is 1. The highest BCUT2D eigenvalue weighted by Crippen LogP contribution is 2.21. The predicted octanol–water partition coefficient (Wildman–Crippen LogP) is 3.77. The van der Waals surface area contributed by atoms with Crippen molar-refractivity contribution in [1.82, 2.24) is 10.2 Å². The summed E-state index contributed by atoms with van der Waals surface area (Å²) in [6.07, 6.45) is 3.27. The molecule has 0 aliphatic carbocycles. The number of carbonyl (C=O) groups is 2. The highest BCUT2D eigenvalue weighted by molar-refractivity contribution is 7.09. The third kappa shape index (κ3) is 4.52. The lowest BCUT2D eigenvalue weighted by Gasteiger charge is -2.21. The summed E-state index contributed by atoms with van der Waals surface area (Å²) in [6, 6.07) is 11.7. The average Bonchev–Trinajstić information content (AvgIpc) is 3.31. The number of carbonyl (C=O) groups excluding carboxylic acids is 2. The molecule has 2 heterocycles. The Morgan fingerprint density at radius 2 is 2.12 bits per heavy atom. The van der Waals surface area contributed by atoms with Crippen LogP contribution in [0.15, 0.2) is 54.4 Å². The first-order valence-electron chi connectivity index (χ1n) is 8.72. The van der Waals surface area contributed by atoms with E-state index in [4.69, 9.17) is 0 Å². The van der Waals surface area contributed by atoms with Crippen molar-refractivity contribution in [2.24, 2.45) is 0 Å². The van der Waals surface area contributed by atoms with E-state index in [0.29, 0.717) is 26.1 Å². The quantitative estimate of drug-likeness (QED) is 0.755. The van der Waals surface area contributed by atoms with Crippen LogP contribution in [0.2, 0.25) is 0 Å². The van der Waals surface area contributed by atoms with Crippen molar-refractivity contribution in [3.8, 4) is 0 Å². The van der Waals surface area contributed by atoms with E-state index < -0.39 is 0 Å². The molecule has 3 amide bonds. The summed E-state index contributed by atoms with van der Waals surface area (Å²) in [5, 5.41) is 4.96. The number of nitrogens with zero attached hydrogens (tertiary/aromatic N) is 2. The van der Waals surface area contributed by atoms with Crippen LogP contribution in [0.4, 0.5) is 10.5 Å². The van der Waals surface area contributed by atoms with Crippen LogP contribution in [-0.4, -0.2) is 29.9 Å². The van der Waals surface area contributed by atoms with Gasteiger partial charge < -0.3 is 15.1 Å². The van der Waals surface area contributed by atoms with Gasteiger partial charge in [0.15, 0.2) is 0 Å². The van der Waals surface area contributed by atoms with Gasteiger partial charge in [0.2, 0.25) is 5.91 Å². The largest absolute Gasteiger partial charge is 0.334 e. The highest BCUT2D eigenvalue weighted by atomic mass is 32.1. The van der Waals surface area contributed by atoms with Crippen LogP contribution >= 0.6 is 11.3 Å². The Morgan fingerprint density at radius 3 is 2.73 bits per heavy atom. The lowest BCUT2D eigenvalue weighted by Crippen LogP contribution is -2.39. The molecule has 1 aromatic carbocycles. The smallest absolute Gasteiger partial charge is 0.318 e. The molecule has 26 heavy (non-hydrogen) atoms. The van der Waals surface area contributed by atoms with E-state index in [1.807, 2.05) is 46.7 Å². The molecule has 0 spiro atoms. The maximum Gasteiger partial charge on any atom is 0.318 e. The second-order valence-corrected chi connectivity index (χ2v) is 7.25. The molecule has 1 saturated heterocycles. The highest BCUT2D eigenvalue weighted by Gasteiger charge is 2.21. The first kappa shape index (κ1) is 18.2. The van der Waals surface area contributed by atoms with Crippen molar-refractivity contribution in [2.75, 3.05) is 18.0 Å².